The van der Waals surface area contributed by atoms with Crippen LogP contribution in [-0.2, 0) is 4.74 Å². The van der Waals surface area contributed by atoms with E-state index in [4.69, 9.17) is 28.6 Å². The third kappa shape index (κ3) is 3.31. The van der Waals surface area contributed by atoms with Crippen molar-refractivity contribution in [2.24, 2.45) is 0 Å². The zero-order chi connectivity index (χ0) is 12.3. The smallest absolute Gasteiger partial charge is 0.173 e. The first kappa shape index (κ1) is 12.6. The molecule has 17 heavy (non-hydrogen) atoms. The van der Waals surface area contributed by atoms with Crippen molar-refractivity contribution in [2.45, 2.75) is 6.92 Å². The fourth-order valence-corrected chi connectivity index (χ4v) is 2.26. The highest BCUT2D eigenvalue weighted by Gasteiger charge is 2.14. The van der Waals surface area contributed by atoms with Crippen LogP contribution in [0.15, 0.2) is 18.2 Å². The van der Waals surface area contributed by atoms with Gasteiger partial charge in [0.1, 0.15) is 0 Å². The summed E-state index contributed by atoms with van der Waals surface area (Å²) in [6, 6.07) is 5.88. The molecule has 0 atom stereocenters. The summed E-state index contributed by atoms with van der Waals surface area (Å²) in [5.74, 6) is 0. The van der Waals surface area contributed by atoms with Crippen molar-refractivity contribution in [3.05, 3.63) is 28.8 Å². The molecule has 0 unspecified atom stereocenters. The molecule has 1 aromatic carbocycles. The van der Waals surface area contributed by atoms with Crippen molar-refractivity contribution >= 4 is 34.6 Å². The fourth-order valence-electron chi connectivity index (χ4n) is 1.68. The molecular formula is C12H15ClN2OS. The molecule has 2 rings (SSSR count). The molecule has 5 heteroatoms. The van der Waals surface area contributed by atoms with Gasteiger partial charge in [-0.2, -0.15) is 0 Å². The van der Waals surface area contributed by atoms with E-state index in [1.165, 1.54) is 0 Å². The van der Waals surface area contributed by atoms with Gasteiger partial charge in [0.2, 0.25) is 0 Å². The van der Waals surface area contributed by atoms with Crippen LogP contribution in [0, 0.1) is 6.92 Å². The van der Waals surface area contributed by atoms with Crippen LogP contribution in [0.5, 0.6) is 0 Å². The molecule has 1 saturated heterocycles. The molecule has 0 aliphatic carbocycles. The number of morpholine rings is 1. The zero-order valence-electron chi connectivity index (χ0n) is 9.70. The third-order valence-corrected chi connectivity index (χ3v) is 3.34. The van der Waals surface area contributed by atoms with E-state index in [2.05, 4.69) is 10.2 Å². The lowest BCUT2D eigenvalue weighted by atomic mass is 10.2. The minimum atomic E-state index is 0.695. The van der Waals surface area contributed by atoms with Gasteiger partial charge in [-0.05, 0) is 36.8 Å². The number of anilines is 1. The molecule has 0 bridgehead atoms. The summed E-state index contributed by atoms with van der Waals surface area (Å²) < 4.78 is 5.28. The number of halogens is 1. The quantitative estimate of drug-likeness (QED) is 0.793. The molecule has 0 saturated carbocycles. The fraction of sp³-hybridized carbons (Fsp3) is 0.417. The van der Waals surface area contributed by atoms with Gasteiger partial charge in [0, 0.05) is 13.1 Å². The highest BCUT2D eigenvalue weighted by atomic mass is 35.5. The lowest BCUT2D eigenvalue weighted by molar-refractivity contribution is 0.0690. The van der Waals surface area contributed by atoms with E-state index in [-0.39, 0.29) is 0 Å². The highest BCUT2D eigenvalue weighted by molar-refractivity contribution is 7.80. The lowest BCUT2D eigenvalue weighted by Crippen LogP contribution is -2.42. The van der Waals surface area contributed by atoms with Crippen molar-refractivity contribution in [1.82, 2.24) is 4.90 Å². The largest absolute Gasteiger partial charge is 0.378 e. The van der Waals surface area contributed by atoms with Crippen molar-refractivity contribution in [3.8, 4) is 0 Å². The van der Waals surface area contributed by atoms with Gasteiger partial charge in [0.05, 0.1) is 23.9 Å². The summed E-state index contributed by atoms with van der Waals surface area (Å²) in [6.07, 6.45) is 0. The first-order chi connectivity index (χ1) is 8.16. The number of aryl methyl sites for hydroxylation is 1. The standard InChI is InChI=1S/C12H15ClN2OS/c1-9-2-3-11(10(13)8-9)14-12(17)15-4-6-16-7-5-15/h2-3,8H,4-7H2,1H3,(H,14,17). The molecule has 1 fully saturated rings. The minimum Gasteiger partial charge on any atom is -0.378 e. The maximum absolute atomic E-state index is 6.15. The van der Waals surface area contributed by atoms with Crippen molar-refractivity contribution in [1.29, 1.82) is 0 Å². The Morgan fingerprint density at radius 2 is 2.12 bits per heavy atom. The average molecular weight is 271 g/mol. The van der Waals surface area contributed by atoms with Crippen LogP contribution in [0.2, 0.25) is 5.02 Å². The number of hydrogen-bond donors (Lipinski definition) is 1. The average Bonchev–Trinajstić information content (AvgIpc) is 2.34. The molecule has 1 aliphatic rings. The van der Waals surface area contributed by atoms with Crippen LogP contribution >= 0.6 is 23.8 Å². The third-order valence-electron chi connectivity index (χ3n) is 2.66. The Morgan fingerprint density at radius 1 is 1.41 bits per heavy atom. The number of thiocarbonyl (C=S) groups is 1. The van der Waals surface area contributed by atoms with Gasteiger partial charge >= 0.3 is 0 Å². The van der Waals surface area contributed by atoms with Gasteiger partial charge in [-0.1, -0.05) is 17.7 Å². The Labute approximate surface area is 112 Å². The topological polar surface area (TPSA) is 24.5 Å². The molecule has 0 amide bonds. The van der Waals surface area contributed by atoms with Crippen LogP contribution in [-0.4, -0.2) is 36.3 Å². The predicted octanol–water partition coefficient (Wildman–Crippen LogP) is 2.68. The number of benzene rings is 1. The SMILES string of the molecule is Cc1ccc(NC(=S)N2CCOCC2)c(Cl)c1. The summed E-state index contributed by atoms with van der Waals surface area (Å²) in [5, 5.41) is 4.58. The Morgan fingerprint density at radius 3 is 2.76 bits per heavy atom. The van der Waals surface area contributed by atoms with E-state index in [0.717, 1.165) is 37.6 Å². The number of ether oxygens (including phenoxy) is 1. The monoisotopic (exact) mass is 270 g/mol. The maximum atomic E-state index is 6.15. The zero-order valence-corrected chi connectivity index (χ0v) is 11.3. The summed E-state index contributed by atoms with van der Waals surface area (Å²) >= 11 is 11.5. The molecular weight excluding hydrogens is 256 g/mol. The predicted molar refractivity (Wildman–Crippen MR) is 74.8 cm³/mol. The van der Waals surface area contributed by atoms with Crippen LogP contribution in [0.25, 0.3) is 0 Å². The second-order valence-corrected chi connectivity index (χ2v) is 4.81. The van der Waals surface area contributed by atoms with E-state index >= 15 is 0 Å². The van der Waals surface area contributed by atoms with Gasteiger partial charge < -0.3 is 15.0 Å². The molecule has 3 nitrogen and oxygen atoms in total. The molecule has 92 valence electrons. The molecule has 0 aromatic heterocycles. The van der Waals surface area contributed by atoms with E-state index < -0.39 is 0 Å². The van der Waals surface area contributed by atoms with Gasteiger partial charge in [-0.25, -0.2) is 0 Å². The Hall–Kier alpha value is -0.840. The van der Waals surface area contributed by atoms with Gasteiger partial charge in [-0.3, -0.25) is 0 Å². The van der Waals surface area contributed by atoms with Crippen molar-refractivity contribution < 1.29 is 4.74 Å². The number of rotatable bonds is 1. The van der Waals surface area contributed by atoms with Crippen LogP contribution in [0.4, 0.5) is 5.69 Å². The first-order valence-corrected chi connectivity index (χ1v) is 6.35. The first-order valence-electron chi connectivity index (χ1n) is 5.56. The van der Waals surface area contributed by atoms with E-state index in [1.54, 1.807) is 0 Å². The summed E-state index contributed by atoms with van der Waals surface area (Å²) in [5.41, 5.74) is 1.99. The lowest BCUT2D eigenvalue weighted by Gasteiger charge is -2.29. The van der Waals surface area contributed by atoms with E-state index in [0.29, 0.717) is 10.1 Å². The molecule has 1 aliphatic heterocycles. The highest BCUT2D eigenvalue weighted by Crippen LogP contribution is 2.23. The second-order valence-electron chi connectivity index (χ2n) is 4.01. The van der Waals surface area contributed by atoms with Crippen molar-refractivity contribution in [2.75, 3.05) is 31.6 Å². The summed E-state index contributed by atoms with van der Waals surface area (Å²) in [6.45, 7) is 5.12. The molecule has 0 spiro atoms. The summed E-state index contributed by atoms with van der Waals surface area (Å²) in [4.78, 5) is 2.09. The summed E-state index contributed by atoms with van der Waals surface area (Å²) in [7, 11) is 0. The van der Waals surface area contributed by atoms with E-state index in [1.807, 2.05) is 25.1 Å². The van der Waals surface area contributed by atoms with Crippen LogP contribution in [0.3, 0.4) is 0 Å². The number of nitrogens with one attached hydrogen (secondary N) is 1. The van der Waals surface area contributed by atoms with E-state index in [9.17, 15) is 0 Å². The van der Waals surface area contributed by atoms with Crippen LogP contribution in [0.1, 0.15) is 5.56 Å². The molecule has 1 N–H and O–H groups in total. The van der Waals surface area contributed by atoms with Gasteiger partial charge in [0.25, 0.3) is 0 Å². The Balaban J connectivity index is 2.02. The molecule has 0 radical (unpaired) electrons. The number of hydrogen-bond acceptors (Lipinski definition) is 2. The normalized spacial score (nSPS) is 15.8. The maximum Gasteiger partial charge on any atom is 0.173 e. The van der Waals surface area contributed by atoms with Crippen molar-refractivity contribution in [3.63, 3.8) is 0 Å². The minimum absolute atomic E-state index is 0.695. The Kier molecular flexibility index (Phi) is 4.20. The molecule has 1 heterocycles. The number of nitrogens with zero attached hydrogens (tertiary/aromatic N) is 1. The second kappa shape index (κ2) is 5.67. The molecule has 1 aromatic rings. The Bertz CT molecular complexity index is 419. The van der Waals surface area contributed by atoms with Gasteiger partial charge in [0.15, 0.2) is 5.11 Å². The van der Waals surface area contributed by atoms with Gasteiger partial charge in [-0.15, -0.1) is 0 Å². The van der Waals surface area contributed by atoms with Crippen LogP contribution < -0.4 is 5.32 Å².